The second-order valence-electron chi connectivity index (χ2n) is 7.34. The quantitative estimate of drug-likeness (QED) is 0.449. The Bertz CT molecular complexity index is 1100. The highest BCUT2D eigenvalue weighted by atomic mass is 16.6. The third-order valence-electron chi connectivity index (χ3n) is 5.15. The van der Waals surface area contributed by atoms with E-state index in [9.17, 15) is 14.9 Å². The monoisotopic (exact) mass is 433 g/mol. The number of nitro groups is 1. The molecule has 4 rings (SSSR count). The number of hydrogen-bond donors (Lipinski definition) is 2. The van der Waals surface area contributed by atoms with Crippen LogP contribution in [0.2, 0.25) is 0 Å². The van der Waals surface area contributed by atoms with Gasteiger partial charge in [0.1, 0.15) is 6.33 Å². The third kappa shape index (κ3) is 4.75. The first-order chi connectivity index (χ1) is 15.5. The van der Waals surface area contributed by atoms with Crippen LogP contribution in [-0.2, 0) is 4.79 Å². The summed E-state index contributed by atoms with van der Waals surface area (Å²) in [6, 6.07) is 16.9. The number of aromatic nitrogens is 2. The van der Waals surface area contributed by atoms with Crippen molar-refractivity contribution in [3.63, 3.8) is 0 Å². The molecule has 1 amide bonds. The molecule has 1 aliphatic heterocycles. The molecule has 0 atom stereocenters. The Kier molecular flexibility index (Phi) is 6.11. The van der Waals surface area contributed by atoms with E-state index in [1.165, 1.54) is 13.3 Å². The van der Waals surface area contributed by atoms with Crippen LogP contribution in [0.5, 0.6) is 0 Å². The van der Waals surface area contributed by atoms with Crippen LogP contribution in [0.1, 0.15) is 6.92 Å². The van der Waals surface area contributed by atoms with Gasteiger partial charge in [0, 0.05) is 50.2 Å². The summed E-state index contributed by atoms with van der Waals surface area (Å²) in [5.74, 6) is 0.252. The van der Waals surface area contributed by atoms with Crippen LogP contribution >= 0.6 is 0 Å². The fourth-order valence-corrected chi connectivity index (χ4v) is 3.65. The standard InChI is InChI=1S/C22H23N7O3/c1-16(30)25-17-7-9-18(10-8-17)26-21-20(29(31)32)22(24-15-23-21)28-13-11-27(12-14-28)19-5-3-2-4-6-19/h2-10,15H,11-14H2,1H3,(H,25,30)(H,23,24,26). The van der Waals surface area contributed by atoms with Crippen molar-refractivity contribution in [3.05, 3.63) is 71.0 Å². The molecule has 0 radical (unpaired) electrons. The molecule has 1 fully saturated rings. The molecule has 1 aromatic heterocycles. The van der Waals surface area contributed by atoms with Gasteiger partial charge in [-0.15, -0.1) is 0 Å². The molecule has 0 saturated carbocycles. The van der Waals surface area contributed by atoms with Gasteiger partial charge in [-0.2, -0.15) is 0 Å². The van der Waals surface area contributed by atoms with Gasteiger partial charge in [-0.25, -0.2) is 9.97 Å². The lowest BCUT2D eigenvalue weighted by atomic mass is 10.2. The van der Waals surface area contributed by atoms with Gasteiger partial charge in [0.25, 0.3) is 0 Å². The number of anilines is 5. The van der Waals surface area contributed by atoms with Gasteiger partial charge in [-0.3, -0.25) is 14.9 Å². The molecule has 1 aliphatic rings. The van der Waals surface area contributed by atoms with Crippen molar-refractivity contribution >= 4 is 40.3 Å². The van der Waals surface area contributed by atoms with Crippen molar-refractivity contribution in [3.8, 4) is 0 Å². The number of hydrogen-bond acceptors (Lipinski definition) is 8. The maximum atomic E-state index is 11.9. The molecule has 2 heterocycles. The van der Waals surface area contributed by atoms with Gasteiger partial charge in [-0.1, -0.05) is 18.2 Å². The van der Waals surface area contributed by atoms with Crippen LogP contribution in [-0.4, -0.2) is 47.0 Å². The number of para-hydroxylation sites is 1. The van der Waals surface area contributed by atoms with Crippen molar-refractivity contribution < 1.29 is 9.72 Å². The van der Waals surface area contributed by atoms with Crippen LogP contribution in [0.3, 0.4) is 0 Å². The summed E-state index contributed by atoms with van der Waals surface area (Å²) in [7, 11) is 0. The first-order valence-corrected chi connectivity index (χ1v) is 10.2. The van der Waals surface area contributed by atoms with E-state index in [1.807, 2.05) is 23.1 Å². The maximum Gasteiger partial charge on any atom is 0.353 e. The number of nitrogens with one attached hydrogen (secondary N) is 2. The zero-order valence-electron chi connectivity index (χ0n) is 17.6. The smallest absolute Gasteiger partial charge is 0.353 e. The Morgan fingerprint density at radius 3 is 2.19 bits per heavy atom. The summed E-state index contributed by atoms with van der Waals surface area (Å²) in [6.07, 6.45) is 1.33. The summed E-state index contributed by atoms with van der Waals surface area (Å²) in [5.41, 5.74) is 2.22. The average molecular weight is 433 g/mol. The third-order valence-corrected chi connectivity index (χ3v) is 5.15. The zero-order chi connectivity index (χ0) is 22.5. The molecule has 3 aromatic rings. The number of benzene rings is 2. The lowest BCUT2D eigenvalue weighted by Crippen LogP contribution is -2.47. The van der Waals surface area contributed by atoms with Crippen molar-refractivity contribution in [2.24, 2.45) is 0 Å². The molecule has 0 spiro atoms. The maximum absolute atomic E-state index is 11.9. The highest BCUT2D eigenvalue weighted by Gasteiger charge is 2.29. The first kappa shape index (κ1) is 21.0. The van der Waals surface area contributed by atoms with E-state index >= 15 is 0 Å². The highest BCUT2D eigenvalue weighted by Crippen LogP contribution is 2.34. The number of carbonyl (C=O) groups is 1. The Morgan fingerprint density at radius 1 is 0.938 bits per heavy atom. The SMILES string of the molecule is CC(=O)Nc1ccc(Nc2ncnc(N3CCN(c4ccccc4)CC3)c2[N+](=O)[O-])cc1. The molecule has 164 valence electrons. The second-order valence-corrected chi connectivity index (χ2v) is 7.34. The van der Waals surface area contributed by atoms with Gasteiger partial charge in [0.05, 0.1) is 4.92 Å². The minimum atomic E-state index is -0.451. The topological polar surface area (TPSA) is 117 Å². The summed E-state index contributed by atoms with van der Waals surface area (Å²) >= 11 is 0. The Balaban J connectivity index is 1.52. The van der Waals surface area contributed by atoms with Crippen molar-refractivity contribution in [2.45, 2.75) is 6.92 Å². The first-order valence-electron chi connectivity index (χ1n) is 10.2. The largest absolute Gasteiger partial charge is 0.368 e. The van der Waals surface area contributed by atoms with E-state index in [0.29, 0.717) is 30.3 Å². The number of carbonyl (C=O) groups excluding carboxylic acids is 1. The van der Waals surface area contributed by atoms with Crippen LogP contribution in [0.4, 0.5) is 34.4 Å². The van der Waals surface area contributed by atoms with E-state index in [0.717, 1.165) is 18.8 Å². The normalized spacial score (nSPS) is 13.5. The number of amides is 1. The van der Waals surface area contributed by atoms with E-state index in [-0.39, 0.29) is 17.4 Å². The Morgan fingerprint density at radius 2 is 1.56 bits per heavy atom. The molecule has 32 heavy (non-hydrogen) atoms. The molecule has 10 heteroatoms. The predicted molar refractivity (Wildman–Crippen MR) is 124 cm³/mol. The van der Waals surface area contributed by atoms with E-state index in [4.69, 9.17) is 0 Å². The minimum Gasteiger partial charge on any atom is -0.368 e. The number of rotatable bonds is 6. The van der Waals surface area contributed by atoms with Crippen LogP contribution in [0.15, 0.2) is 60.9 Å². The summed E-state index contributed by atoms with van der Waals surface area (Å²) < 4.78 is 0. The van der Waals surface area contributed by atoms with E-state index in [2.05, 4.69) is 37.6 Å². The lowest BCUT2D eigenvalue weighted by molar-refractivity contribution is -0.383. The Labute approximate surface area is 185 Å². The molecule has 2 N–H and O–H groups in total. The molecule has 0 unspecified atom stereocenters. The highest BCUT2D eigenvalue weighted by molar-refractivity contribution is 5.89. The zero-order valence-corrected chi connectivity index (χ0v) is 17.6. The second kappa shape index (κ2) is 9.29. The molecule has 0 aliphatic carbocycles. The number of nitrogens with zero attached hydrogens (tertiary/aromatic N) is 5. The van der Waals surface area contributed by atoms with Crippen molar-refractivity contribution in [1.29, 1.82) is 0 Å². The fraction of sp³-hybridized carbons (Fsp3) is 0.227. The van der Waals surface area contributed by atoms with Gasteiger partial charge in [0.2, 0.25) is 17.5 Å². The molecular weight excluding hydrogens is 410 g/mol. The van der Waals surface area contributed by atoms with Crippen LogP contribution in [0.25, 0.3) is 0 Å². The molecule has 10 nitrogen and oxygen atoms in total. The molecule has 0 bridgehead atoms. The predicted octanol–water partition coefficient (Wildman–Crippen LogP) is 3.41. The summed E-state index contributed by atoms with van der Waals surface area (Å²) in [4.78, 5) is 35.2. The average Bonchev–Trinajstić information content (AvgIpc) is 2.80. The van der Waals surface area contributed by atoms with E-state index in [1.54, 1.807) is 24.3 Å². The Hall–Kier alpha value is -4.21. The van der Waals surface area contributed by atoms with Gasteiger partial charge >= 0.3 is 5.69 Å². The van der Waals surface area contributed by atoms with Crippen molar-refractivity contribution in [2.75, 3.05) is 46.6 Å². The van der Waals surface area contributed by atoms with Gasteiger partial charge in [-0.05, 0) is 36.4 Å². The fourth-order valence-electron chi connectivity index (χ4n) is 3.65. The minimum absolute atomic E-state index is 0.123. The number of piperazine rings is 1. The lowest BCUT2D eigenvalue weighted by Gasteiger charge is -2.36. The van der Waals surface area contributed by atoms with Crippen LogP contribution in [0, 0.1) is 10.1 Å². The van der Waals surface area contributed by atoms with Gasteiger partial charge in [0.15, 0.2) is 0 Å². The van der Waals surface area contributed by atoms with Crippen molar-refractivity contribution in [1.82, 2.24) is 9.97 Å². The van der Waals surface area contributed by atoms with Crippen LogP contribution < -0.4 is 20.4 Å². The molecule has 1 saturated heterocycles. The van der Waals surface area contributed by atoms with Gasteiger partial charge < -0.3 is 20.4 Å². The van der Waals surface area contributed by atoms with E-state index < -0.39 is 4.92 Å². The molecule has 2 aromatic carbocycles. The summed E-state index contributed by atoms with van der Waals surface area (Å²) in [5, 5.41) is 17.6. The summed E-state index contributed by atoms with van der Waals surface area (Å²) in [6.45, 7) is 4.11. The molecular formula is C22H23N7O3.